The van der Waals surface area contributed by atoms with Gasteiger partial charge in [0.05, 0.1) is 5.60 Å². The van der Waals surface area contributed by atoms with Crippen LogP contribution in [0.1, 0.15) is 48.9 Å². The first-order chi connectivity index (χ1) is 9.92. The summed E-state index contributed by atoms with van der Waals surface area (Å²) in [6, 6.07) is 1.79. The molecular weight excluding hydrogens is 270 g/mol. The monoisotopic (exact) mass is 293 g/mol. The van der Waals surface area contributed by atoms with Crippen LogP contribution in [0.5, 0.6) is 0 Å². The van der Waals surface area contributed by atoms with Crippen molar-refractivity contribution in [2.45, 2.75) is 38.2 Å². The van der Waals surface area contributed by atoms with Gasteiger partial charge in [-0.3, -0.25) is 9.69 Å². The molecule has 21 heavy (non-hydrogen) atoms. The topological polar surface area (TPSA) is 69.8 Å². The van der Waals surface area contributed by atoms with Gasteiger partial charge in [-0.2, -0.15) is 0 Å². The van der Waals surface area contributed by atoms with E-state index in [9.17, 15) is 9.90 Å². The van der Waals surface area contributed by atoms with Crippen LogP contribution in [-0.2, 0) is 0 Å². The number of β-amino-alcohol motifs (C(OH)–C–C–N with tert-alkyl or cyclic N) is 1. The second kappa shape index (κ2) is 5.42. The molecular formula is C15H23N3O3. The molecule has 1 N–H and O–H groups in total. The summed E-state index contributed by atoms with van der Waals surface area (Å²) < 4.78 is 5.25. The number of nitrogens with zero attached hydrogens (tertiary/aromatic N) is 3. The molecule has 3 rings (SSSR count). The highest BCUT2D eigenvalue weighted by molar-refractivity contribution is 5.92. The van der Waals surface area contributed by atoms with Crippen LogP contribution >= 0.6 is 0 Å². The molecule has 1 aliphatic carbocycles. The van der Waals surface area contributed by atoms with Crippen molar-refractivity contribution in [2.24, 2.45) is 0 Å². The summed E-state index contributed by atoms with van der Waals surface area (Å²) in [7, 11) is 0. The Labute approximate surface area is 124 Å². The first-order valence-corrected chi connectivity index (χ1v) is 7.63. The molecule has 1 aromatic heterocycles. The highest BCUT2D eigenvalue weighted by atomic mass is 16.5. The summed E-state index contributed by atoms with van der Waals surface area (Å²) >= 11 is 0. The molecule has 2 fully saturated rings. The van der Waals surface area contributed by atoms with Gasteiger partial charge in [0.2, 0.25) is 0 Å². The minimum Gasteiger partial charge on any atom is -0.389 e. The van der Waals surface area contributed by atoms with Gasteiger partial charge in [0, 0.05) is 44.7 Å². The van der Waals surface area contributed by atoms with Gasteiger partial charge in [-0.25, -0.2) is 0 Å². The lowest BCUT2D eigenvalue weighted by molar-refractivity contribution is 0.0176. The van der Waals surface area contributed by atoms with E-state index in [2.05, 4.69) is 10.1 Å². The van der Waals surface area contributed by atoms with Crippen molar-refractivity contribution in [3.05, 3.63) is 17.5 Å². The van der Waals surface area contributed by atoms with Crippen LogP contribution < -0.4 is 0 Å². The van der Waals surface area contributed by atoms with Crippen LogP contribution in [0.15, 0.2) is 10.6 Å². The zero-order chi connectivity index (χ0) is 15.0. The van der Waals surface area contributed by atoms with Crippen molar-refractivity contribution >= 4 is 5.91 Å². The fraction of sp³-hybridized carbons (Fsp3) is 0.733. The lowest BCUT2D eigenvalue weighted by Gasteiger charge is -2.36. The number of rotatable bonds is 4. The molecule has 1 saturated heterocycles. The molecule has 2 heterocycles. The minimum absolute atomic E-state index is 0.0476. The molecule has 0 radical (unpaired) electrons. The summed E-state index contributed by atoms with van der Waals surface area (Å²) in [5, 5.41) is 13.8. The molecule has 6 heteroatoms. The summed E-state index contributed by atoms with van der Waals surface area (Å²) in [5.74, 6) is 1.27. The van der Waals surface area contributed by atoms with Crippen molar-refractivity contribution in [1.29, 1.82) is 0 Å². The normalized spacial score (nSPS) is 20.8. The third kappa shape index (κ3) is 3.63. The van der Waals surface area contributed by atoms with Gasteiger partial charge in [0.1, 0.15) is 5.76 Å². The third-order valence-electron chi connectivity index (χ3n) is 4.00. The summed E-state index contributed by atoms with van der Waals surface area (Å²) in [4.78, 5) is 16.4. The maximum atomic E-state index is 12.4. The third-order valence-corrected chi connectivity index (χ3v) is 4.00. The van der Waals surface area contributed by atoms with Gasteiger partial charge < -0.3 is 14.5 Å². The number of hydrogen-bond acceptors (Lipinski definition) is 5. The van der Waals surface area contributed by atoms with E-state index in [0.29, 0.717) is 31.2 Å². The zero-order valence-electron chi connectivity index (χ0n) is 12.7. The number of carbonyl (C=O) groups is 1. The molecule has 1 saturated carbocycles. The first-order valence-electron chi connectivity index (χ1n) is 7.63. The van der Waals surface area contributed by atoms with Crippen LogP contribution in [0.25, 0.3) is 0 Å². The van der Waals surface area contributed by atoms with Crippen LogP contribution in [-0.4, -0.2) is 64.3 Å². The average molecular weight is 293 g/mol. The molecule has 0 unspecified atom stereocenters. The van der Waals surface area contributed by atoms with Crippen LogP contribution in [0, 0.1) is 0 Å². The fourth-order valence-electron chi connectivity index (χ4n) is 2.77. The Bertz CT molecular complexity index is 508. The molecule has 0 atom stereocenters. The number of piperazine rings is 1. The van der Waals surface area contributed by atoms with E-state index in [-0.39, 0.29) is 5.91 Å². The Morgan fingerprint density at radius 2 is 2.05 bits per heavy atom. The number of carbonyl (C=O) groups excluding carboxylic acids is 1. The molecule has 6 nitrogen and oxygen atoms in total. The van der Waals surface area contributed by atoms with Crippen molar-refractivity contribution < 1.29 is 14.4 Å². The van der Waals surface area contributed by atoms with Gasteiger partial charge in [-0.05, 0) is 26.7 Å². The lowest BCUT2D eigenvalue weighted by atomic mass is 10.1. The van der Waals surface area contributed by atoms with E-state index >= 15 is 0 Å². The Morgan fingerprint density at radius 3 is 2.62 bits per heavy atom. The van der Waals surface area contributed by atoms with Gasteiger partial charge in [0.25, 0.3) is 5.91 Å². The Hall–Kier alpha value is -1.40. The highest BCUT2D eigenvalue weighted by Gasteiger charge is 2.31. The summed E-state index contributed by atoms with van der Waals surface area (Å²) in [6.45, 7) is 7.14. The zero-order valence-corrected chi connectivity index (χ0v) is 12.7. The second-order valence-corrected chi connectivity index (χ2v) is 6.77. The smallest absolute Gasteiger partial charge is 0.276 e. The first kappa shape index (κ1) is 14.5. The fourth-order valence-corrected chi connectivity index (χ4v) is 2.77. The average Bonchev–Trinajstić information content (AvgIpc) is 3.15. The maximum Gasteiger partial charge on any atom is 0.276 e. The Balaban J connectivity index is 1.54. The molecule has 1 aromatic rings. The molecule has 2 aliphatic rings. The van der Waals surface area contributed by atoms with E-state index in [0.717, 1.165) is 31.7 Å². The van der Waals surface area contributed by atoms with E-state index in [1.54, 1.807) is 19.9 Å². The standard InChI is InChI=1S/C15H23N3O3/c1-15(2,20)10-17-5-7-18(8-6-17)14(19)12-9-13(21-16-12)11-3-4-11/h9,11,20H,3-8,10H2,1-2H3. The van der Waals surface area contributed by atoms with Crippen LogP contribution in [0.3, 0.4) is 0 Å². The van der Waals surface area contributed by atoms with Crippen molar-refractivity contribution in [2.75, 3.05) is 32.7 Å². The number of hydrogen-bond donors (Lipinski definition) is 1. The van der Waals surface area contributed by atoms with Crippen molar-refractivity contribution in [3.8, 4) is 0 Å². The number of aromatic nitrogens is 1. The van der Waals surface area contributed by atoms with E-state index in [4.69, 9.17) is 4.52 Å². The van der Waals surface area contributed by atoms with Gasteiger partial charge in [-0.1, -0.05) is 5.16 Å². The predicted molar refractivity (Wildman–Crippen MR) is 77.1 cm³/mol. The molecule has 0 bridgehead atoms. The Morgan fingerprint density at radius 1 is 1.38 bits per heavy atom. The summed E-state index contributed by atoms with van der Waals surface area (Å²) in [5.41, 5.74) is -0.273. The second-order valence-electron chi connectivity index (χ2n) is 6.77. The van der Waals surface area contributed by atoms with E-state index in [1.165, 1.54) is 0 Å². The minimum atomic E-state index is -0.697. The van der Waals surface area contributed by atoms with Gasteiger partial charge in [0.15, 0.2) is 5.69 Å². The summed E-state index contributed by atoms with van der Waals surface area (Å²) in [6.07, 6.45) is 2.27. The van der Waals surface area contributed by atoms with E-state index < -0.39 is 5.60 Å². The SMILES string of the molecule is CC(C)(O)CN1CCN(C(=O)c2cc(C3CC3)on2)CC1. The van der Waals surface area contributed by atoms with Gasteiger partial charge >= 0.3 is 0 Å². The quantitative estimate of drug-likeness (QED) is 0.899. The molecule has 0 aromatic carbocycles. The molecule has 0 spiro atoms. The lowest BCUT2D eigenvalue weighted by Crippen LogP contribution is -2.52. The molecule has 116 valence electrons. The highest BCUT2D eigenvalue weighted by Crippen LogP contribution is 2.40. The van der Waals surface area contributed by atoms with Crippen molar-refractivity contribution in [3.63, 3.8) is 0 Å². The van der Waals surface area contributed by atoms with E-state index in [1.807, 2.05) is 4.90 Å². The van der Waals surface area contributed by atoms with Crippen LogP contribution in [0.2, 0.25) is 0 Å². The van der Waals surface area contributed by atoms with Crippen molar-refractivity contribution in [1.82, 2.24) is 15.0 Å². The largest absolute Gasteiger partial charge is 0.389 e. The maximum absolute atomic E-state index is 12.4. The number of amides is 1. The number of aliphatic hydroxyl groups is 1. The molecule has 1 amide bonds. The predicted octanol–water partition coefficient (Wildman–Crippen LogP) is 1.08. The van der Waals surface area contributed by atoms with Crippen LogP contribution in [0.4, 0.5) is 0 Å². The van der Waals surface area contributed by atoms with Gasteiger partial charge in [-0.15, -0.1) is 0 Å². The molecule has 1 aliphatic heterocycles. The Kier molecular flexibility index (Phi) is 3.75.